The number of thiophene rings is 1. The average Bonchev–Trinajstić information content (AvgIpc) is 2.62. The van der Waals surface area contributed by atoms with Crippen LogP contribution in [0.5, 0.6) is 0 Å². The first-order chi connectivity index (χ1) is 8.28. The highest BCUT2D eigenvalue weighted by Gasteiger charge is 2.16. The quantitative estimate of drug-likeness (QED) is 0.867. The maximum absolute atomic E-state index is 11.6. The van der Waals surface area contributed by atoms with Crippen molar-refractivity contribution in [2.24, 2.45) is 0 Å². The Kier molecular flexibility index (Phi) is 5.16. The monoisotopic (exact) mass is 289 g/mol. The summed E-state index contributed by atoms with van der Waals surface area (Å²) in [6.45, 7) is 5.66. The van der Waals surface area contributed by atoms with E-state index in [0.717, 1.165) is 0 Å². The van der Waals surface area contributed by atoms with Crippen LogP contribution in [0.2, 0.25) is 4.34 Å². The minimum Gasteiger partial charge on any atom is -0.460 e. The molecule has 18 heavy (non-hydrogen) atoms. The fourth-order valence-electron chi connectivity index (χ4n) is 1.19. The van der Waals surface area contributed by atoms with Crippen LogP contribution in [0.25, 0.3) is 0 Å². The zero-order chi connectivity index (χ0) is 13.8. The molecule has 0 spiro atoms. The summed E-state index contributed by atoms with van der Waals surface area (Å²) in [5.74, 6) is -0.553. The molecular formula is C12H16ClNO3S. The van der Waals surface area contributed by atoms with Crippen molar-refractivity contribution in [2.45, 2.75) is 32.8 Å². The molecule has 0 atom stereocenters. The van der Waals surface area contributed by atoms with Gasteiger partial charge in [0.2, 0.25) is 0 Å². The Morgan fingerprint density at radius 2 is 2.06 bits per heavy atom. The molecule has 4 nitrogen and oxygen atoms in total. The van der Waals surface area contributed by atoms with Gasteiger partial charge >= 0.3 is 5.97 Å². The van der Waals surface area contributed by atoms with Gasteiger partial charge in [-0.05, 0) is 32.9 Å². The van der Waals surface area contributed by atoms with Crippen LogP contribution in [0, 0.1) is 0 Å². The molecule has 100 valence electrons. The summed E-state index contributed by atoms with van der Waals surface area (Å²) in [5, 5.41) is 2.64. The third-order valence-corrected chi connectivity index (χ3v) is 3.06. The van der Waals surface area contributed by atoms with Crippen molar-refractivity contribution in [3.8, 4) is 0 Å². The van der Waals surface area contributed by atoms with Crippen molar-refractivity contribution in [3.63, 3.8) is 0 Å². The van der Waals surface area contributed by atoms with Crippen LogP contribution < -0.4 is 5.32 Å². The first-order valence-corrected chi connectivity index (χ1v) is 6.73. The molecule has 1 aromatic rings. The van der Waals surface area contributed by atoms with Crippen LogP contribution in [-0.2, 0) is 9.53 Å². The molecule has 1 amide bonds. The summed E-state index contributed by atoms with van der Waals surface area (Å²) in [7, 11) is 0. The summed E-state index contributed by atoms with van der Waals surface area (Å²) in [5.41, 5.74) is -0.498. The Morgan fingerprint density at radius 3 is 2.56 bits per heavy atom. The highest BCUT2D eigenvalue weighted by molar-refractivity contribution is 7.17. The van der Waals surface area contributed by atoms with Crippen molar-refractivity contribution in [3.05, 3.63) is 21.3 Å². The van der Waals surface area contributed by atoms with Gasteiger partial charge in [0.05, 0.1) is 15.6 Å². The van der Waals surface area contributed by atoms with E-state index in [1.165, 1.54) is 11.3 Å². The second-order valence-electron chi connectivity index (χ2n) is 4.70. The Balaban J connectivity index is 2.30. The van der Waals surface area contributed by atoms with E-state index >= 15 is 0 Å². The van der Waals surface area contributed by atoms with Gasteiger partial charge in [0.1, 0.15) is 5.60 Å². The van der Waals surface area contributed by atoms with Gasteiger partial charge < -0.3 is 10.1 Å². The van der Waals surface area contributed by atoms with E-state index in [4.69, 9.17) is 16.3 Å². The van der Waals surface area contributed by atoms with Gasteiger partial charge in [0, 0.05) is 6.54 Å². The van der Waals surface area contributed by atoms with Gasteiger partial charge in [-0.25, -0.2) is 0 Å². The number of hydrogen-bond acceptors (Lipinski definition) is 4. The topological polar surface area (TPSA) is 55.4 Å². The lowest BCUT2D eigenvalue weighted by atomic mass is 10.2. The lowest BCUT2D eigenvalue weighted by Crippen LogP contribution is -2.29. The molecule has 0 aliphatic carbocycles. The van der Waals surface area contributed by atoms with Crippen LogP contribution in [-0.4, -0.2) is 24.0 Å². The summed E-state index contributed by atoms with van der Waals surface area (Å²) < 4.78 is 5.68. The molecule has 0 saturated carbocycles. The molecule has 1 N–H and O–H groups in total. The van der Waals surface area contributed by atoms with E-state index in [-0.39, 0.29) is 24.8 Å². The number of nitrogens with one attached hydrogen (secondary N) is 1. The van der Waals surface area contributed by atoms with Gasteiger partial charge in [-0.2, -0.15) is 0 Å². The third kappa shape index (κ3) is 5.51. The number of halogens is 1. The van der Waals surface area contributed by atoms with Crippen molar-refractivity contribution in [1.82, 2.24) is 5.32 Å². The van der Waals surface area contributed by atoms with Crippen molar-refractivity contribution in [1.29, 1.82) is 0 Å². The lowest BCUT2D eigenvalue weighted by molar-refractivity contribution is -0.154. The predicted molar refractivity (Wildman–Crippen MR) is 72.1 cm³/mol. The Bertz CT molecular complexity index is 437. The Hall–Kier alpha value is -1.07. The van der Waals surface area contributed by atoms with Crippen molar-refractivity contribution in [2.75, 3.05) is 6.54 Å². The second kappa shape index (κ2) is 6.20. The summed E-state index contributed by atoms with van der Waals surface area (Å²) in [4.78, 5) is 23.5. The lowest BCUT2D eigenvalue weighted by Gasteiger charge is -2.19. The van der Waals surface area contributed by atoms with E-state index < -0.39 is 5.60 Å². The van der Waals surface area contributed by atoms with Crippen molar-refractivity contribution < 1.29 is 14.3 Å². The van der Waals surface area contributed by atoms with E-state index in [9.17, 15) is 9.59 Å². The van der Waals surface area contributed by atoms with E-state index in [1.807, 2.05) is 0 Å². The Morgan fingerprint density at radius 1 is 1.39 bits per heavy atom. The fraction of sp³-hybridized carbons (Fsp3) is 0.500. The van der Waals surface area contributed by atoms with E-state index in [2.05, 4.69) is 5.32 Å². The third-order valence-electron chi connectivity index (χ3n) is 1.83. The number of hydrogen-bond donors (Lipinski definition) is 1. The molecule has 0 bridgehead atoms. The molecule has 1 heterocycles. The average molecular weight is 290 g/mol. The van der Waals surface area contributed by atoms with Crippen LogP contribution in [0.4, 0.5) is 0 Å². The standard InChI is InChI=1S/C12H16ClNO3S/c1-12(2,3)17-10(15)6-7-14-11(16)8-4-5-9(13)18-8/h4-5H,6-7H2,1-3H3,(H,14,16). The van der Waals surface area contributed by atoms with Crippen LogP contribution >= 0.6 is 22.9 Å². The second-order valence-corrected chi connectivity index (χ2v) is 6.41. The van der Waals surface area contributed by atoms with Crippen LogP contribution in [0.1, 0.15) is 36.9 Å². The molecule has 0 fully saturated rings. The molecular weight excluding hydrogens is 274 g/mol. The van der Waals surface area contributed by atoms with Gasteiger partial charge in [-0.15, -0.1) is 11.3 Å². The zero-order valence-corrected chi connectivity index (χ0v) is 12.2. The van der Waals surface area contributed by atoms with Crippen molar-refractivity contribution >= 4 is 34.8 Å². The molecule has 0 unspecified atom stereocenters. The van der Waals surface area contributed by atoms with Gasteiger partial charge in [0.15, 0.2) is 0 Å². The molecule has 1 rings (SSSR count). The number of esters is 1. The maximum Gasteiger partial charge on any atom is 0.308 e. The van der Waals surface area contributed by atoms with Crippen LogP contribution in [0.15, 0.2) is 12.1 Å². The fourth-order valence-corrected chi connectivity index (χ4v) is 2.15. The number of carbonyl (C=O) groups is 2. The smallest absolute Gasteiger partial charge is 0.308 e. The van der Waals surface area contributed by atoms with Gasteiger partial charge in [-0.3, -0.25) is 9.59 Å². The SMILES string of the molecule is CC(C)(C)OC(=O)CCNC(=O)c1ccc(Cl)s1. The molecule has 6 heteroatoms. The number of amides is 1. The van der Waals surface area contributed by atoms with E-state index in [0.29, 0.717) is 9.21 Å². The summed E-state index contributed by atoms with van der Waals surface area (Å²) >= 11 is 6.93. The molecule has 0 radical (unpaired) electrons. The minimum absolute atomic E-state index is 0.155. The van der Waals surface area contributed by atoms with Gasteiger partial charge in [-0.1, -0.05) is 11.6 Å². The molecule has 0 aromatic carbocycles. The maximum atomic E-state index is 11.6. The molecule has 0 aliphatic rings. The highest BCUT2D eigenvalue weighted by atomic mass is 35.5. The predicted octanol–water partition coefficient (Wildman–Crippen LogP) is 2.86. The Labute approximate surface area is 115 Å². The molecule has 1 aromatic heterocycles. The number of rotatable bonds is 4. The summed E-state index contributed by atoms with van der Waals surface area (Å²) in [6.07, 6.45) is 0.155. The minimum atomic E-state index is -0.498. The molecule has 0 saturated heterocycles. The normalized spacial score (nSPS) is 11.1. The summed E-state index contributed by atoms with van der Waals surface area (Å²) in [6, 6.07) is 3.31. The first-order valence-electron chi connectivity index (χ1n) is 5.53. The van der Waals surface area contributed by atoms with Gasteiger partial charge in [0.25, 0.3) is 5.91 Å². The number of carbonyl (C=O) groups excluding carboxylic acids is 2. The number of ether oxygens (including phenoxy) is 1. The largest absolute Gasteiger partial charge is 0.460 e. The molecule has 0 aliphatic heterocycles. The van der Waals surface area contributed by atoms with Crippen LogP contribution in [0.3, 0.4) is 0 Å². The highest BCUT2D eigenvalue weighted by Crippen LogP contribution is 2.21. The zero-order valence-electron chi connectivity index (χ0n) is 10.6. The van der Waals surface area contributed by atoms with E-state index in [1.54, 1.807) is 32.9 Å². The first kappa shape index (κ1) is 15.0.